The summed E-state index contributed by atoms with van der Waals surface area (Å²) >= 11 is 0. The SMILES string of the molecule is Fc1cccc(C#Cc2ccc(-c3noc(C4CC4)n3)cc2)c1. The molecule has 3 aromatic rings. The molecule has 0 radical (unpaired) electrons. The summed E-state index contributed by atoms with van der Waals surface area (Å²) in [4.78, 5) is 4.42. The fraction of sp³-hybridized carbons (Fsp3) is 0.158. The van der Waals surface area contributed by atoms with Crippen molar-refractivity contribution in [1.29, 1.82) is 0 Å². The lowest BCUT2D eigenvalue weighted by molar-refractivity contribution is 0.380. The van der Waals surface area contributed by atoms with Gasteiger partial charge in [-0.2, -0.15) is 4.98 Å². The van der Waals surface area contributed by atoms with Crippen molar-refractivity contribution in [2.45, 2.75) is 18.8 Å². The van der Waals surface area contributed by atoms with E-state index in [1.807, 2.05) is 24.3 Å². The smallest absolute Gasteiger partial charge is 0.230 e. The third-order valence-electron chi connectivity index (χ3n) is 3.69. The summed E-state index contributed by atoms with van der Waals surface area (Å²) in [6.07, 6.45) is 2.27. The lowest BCUT2D eigenvalue weighted by atomic mass is 10.1. The molecule has 0 N–H and O–H groups in total. The summed E-state index contributed by atoms with van der Waals surface area (Å²) in [6.45, 7) is 0. The van der Waals surface area contributed by atoms with E-state index >= 15 is 0 Å². The van der Waals surface area contributed by atoms with E-state index in [9.17, 15) is 4.39 Å². The van der Waals surface area contributed by atoms with Gasteiger partial charge in [-0.1, -0.05) is 23.1 Å². The van der Waals surface area contributed by atoms with Gasteiger partial charge in [0.2, 0.25) is 11.7 Å². The van der Waals surface area contributed by atoms with Crippen molar-refractivity contribution in [2.24, 2.45) is 0 Å². The summed E-state index contributed by atoms with van der Waals surface area (Å²) in [6, 6.07) is 13.9. The van der Waals surface area contributed by atoms with Crippen molar-refractivity contribution in [3.8, 4) is 23.2 Å². The van der Waals surface area contributed by atoms with Gasteiger partial charge in [-0.25, -0.2) is 4.39 Å². The summed E-state index contributed by atoms with van der Waals surface area (Å²) in [5.41, 5.74) is 2.40. The second kappa shape index (κ2) is 5.69. The molecule has 1 aromatic heterocycles. The normalized spacial score (nSPS) is 13.4. The van der Waals surface area contributed by atoms with E-state index in [1.54, 1.807) is 12.1 Å². The molecule has 4 rings (SSSR count). The molecule has 4 heteroatoms. The van der Waals surface area contributed by atoms with Crippen LogP contribution < -0.4 is 0 Å². The number of hydrogen-bond donors (Lipinski definition) is 0. The highest BCUT2D eigenvalue weighted by Crippen LogP contribution is 2.39. The maximum absolute atomic E-state index is 13.1. The second-order valence-electron chi connectivity index (χ2n) is 5.57. The Labute approximate surface area is 133 Å². The first kappa shape index (κ1) is 13.7. The molecule has 0 unspecified atom stereocenters. The van der Waals surface area contributed by atoms with Crippen LogP contribution in [-0.4, -0.2) is 10.1 Å². The van der Waals surface area contributed by atoms with Gasteiger partial charge >= 0.3 is 0 Å². The van der Waals surface area contributed by atoms with Gasteiger partial charge in [-0.15, -0.1) is 0 Å². The van der Waals surface area contributed by atoms with Gasteiger partial charge in [0.15, 0.2) is 0 Å². The van der Waals surface area contributed by atoms with Crippen LogP contribution in [0.1, 0.15) is 35.8 Å². The number of rotatable bonds is 2. The Morgan fingerprint density at radius 2 is 1.78 bits per heavy atom. The van der Waals surface area contributed by atoms with Crippen LogP contribution in [0.3, 0.4) is 0 Å². The lowest BCUT2D eigenvalue weighted by Crippen LogP contribution is -1.83. The zero-order valence-electron chi connectivity index (χ0n) is 12.3. The van der Waals surface area contributed by atoms with E-state index < -0.39 is 0 Å². The van der Waals surface area contributed by atoms with Crippen LogP contribution in [-0.2, 0) is 0 Å². The predicted octanol–water partition coefficient (Wildman–Crippen LogP) is 4.15. The van der Waals surface area contributed by atoms with Gasteiger partial charge in [0.1, 0.15) is 5.82 Å². The molecule has 0 amide bonds. The van der Waals surface area contributed by atoms with Crippen molar-refractivity contribution in [1.82, 2.24) is 10.1 Å². The Kier molecular flexibility index (Phi) is 3.39. The third-order valence-corrected chi connectivity index (χ3v) is 3.69. The van der Waals surface area contributed by atoms with E-state index in [0.29, 0.717) is 17.3 Å². The first-order valence-electron chi connectivity index (χ1n) is 7.49. The average molecular weight is 304 g/mol. The van der Waals surface area contributed by atoms with Crippen molar-refractivity contribution in [3.63, 3.8) is 0 Å². The molecule has 0 spiro atoms. The topological polar surface area (TPSA) is 38.9 Å². The number of halogens is 1. The Hall–Kier alpha value is -2.93. The summed E-state index contributed by atoms with van der Waals surface area (Å²) in [7, 11) is 0. The molecular weight excluding hydrogens is 291 g/mol. The van der Waals surface area contributed by atoms with Gasteiger partial charge < -0.3 is 4.52 Å². The van der Waals surface area contributed by atoms with Gasteiger partial charge in [-0.05, 0) is 55.3 Å². The summed E-state index contributed by atoms with van der Waals surface area (Å²) in [5, 5.41) is 4.02. The minimum Gasteiger partial charge on any atom is -0.339 e. The molecule has 1 saturated carbocycles. The molecule has 1 aliphatic carbocycles. The Morgan fingerprint density at radius 3 is 2.52 bits per heavy atom. The highest BCUT2D eigenvalue weighted by atomic mass is 19.1. The Morgan fingerprint density at radius 1 is 1.00 bits per heavy atom. The molecule has 1 aliphatic rings. The van der Waals surface area contributed by atoms with Crippen molar-refractivity contribution in [3.05, 3.63) is 71.4 Å². The van der Waals surface area contributed by atoms with Gasteiger partial charge in [0.25, 0.3) is 0 Å². The minimum absolute atomic E-state index is 0.282. The van der Waals surface area contributed by atoms with Crippen LogP contribution in [0, 0.1) is 17.7 Å². The molecule has 0 aliphatic heterocycles. The van der Waals surface area contributed by atoms with Gasteiger partial charge in [0, 0.05) is 22.6 Å². The van der Waals surface area contributed by atoms with E-state index in [0.717, 1.165) is 29.9 Å². The van der Waals surface area contributed by atoms with Crippen LogP contribution >= 0.6 is 0 Å². The van der Waals surface area contributed by atoms with Crippen LogP contribution in [0.15, 0.2) is 53.1 Å². The molecule has 0 atom stereocenters. The average Bonchev–Trinajstić information content (AvgIpc) is 3.31. The number of nitrogens with zero attached hydrogens (tertiary/aromatic N) is 2. The molecule has 1 fully saturated rings. The van der Waals surface area contributed by atoms with E-state index in [1.165, 1.54) is 12.1 Å². The standard InChI is InChI=1S/C19H13FN2O/c20-17-3-1-2-14(12-17)5-4-13-6-8-15(9-7-13)18-21-19(23-22-18)16-10-11-16/h1-3,6-9,12,16H,10-11H2. The van der Waals surface area contributed by atoms with Crippen LogP contribution in [0.25, 0.3) is 11.4 Å². The molecule has 2 aromatic carbocycles. The molecule has 1 heterocycles. The van der Waals surface area contributed by atoms with E-state index in [-0.39, 0.29) is 5.82 Å². The number of hydrogen-bond acceptors (Lipinski definition) is 3. The quantitative estimate of drug-likeness (QED) is 0.668. The molecule has 0 saturated heterocycles. The fourth-order valence-electron chi connectivity index (χ4n) is 2.26. The molecule has 23 heavy (non-hydrogen) atoms. The Balaban J connectivity index is 1.53. The maximum atomic E-state index is 13.1. The third kappa shape index (κ3) is 3.14. The zero-order chi connectivity index (χ0) is 15.6. The van der Waals surface area contributed by atoms with Crippen molar-refractivity contribution >= 4 is 0 Å². The van der Waals surface area contributed by atoms with Crippen molar-refractivity contribution in [2.75, 3.05) is 0 Å². The highest BCUT2D eigenvalue weighted by Gasteiger charge is 2.29. The highest BCUT2D eigenvalue weighted by molar-refractivity contribution is 5.56. The zero-order valence-corrected chi connectivity index (χ0v) is 12.3. The second-order valence-corrected chi connectivity index (χ2v) is 5.57. The lowest BCUT2D eigenvalue weighted by Gasteiger charge is -1.95. The number of benzene rings is 2. The largest absolute Gasteiger partial charge is 0.339 e. The molecule has 3 nitrogen and oxygen atoms in total. The van der Waals surface area contributed by atoms with Gasteiger partial charge in [-0.3, -0.25) is 0 Å². The maximum Gasteiger partial charge on any atom is 0.230 e. The Bertz CT molecular complexity index is 899. The monoisotopic (exact) mass is 304 g/mol. The first-order valence-corrected chi connectivity index (χ1v) is 7.49. The molecule has 112 valence electrons. The van der Waals surface area contributed by atoms with Crippen LogP contribution in [0.5, 0.6) is 0 Å². The summed E-state index contributed by atoms with van der Waals surface area (Å²) in [5.74, 6) is 7.48. The van der Waals surface area contributed by atoms with Crippen LogP contribution in [0.2, 0.25) is 0 Å². The molecule has 0 bridgehead atoms. The fourth-order valence-corrected chi connectivity index (χ4v) is 2.26. The minimum atomic E-state index is -0.282. The van der Waals surface area contributed by atoms with Gasteiger partial charge in [0.05, 0.1) is 0 Å². The van der Waals surface area contributed by atoms with Crippen molar-refractivity contribution < 1.29 is 8.91 Å². The first-order chi connectivity index (χ1) is 11.3. The molecular formula is C19H13FN2O. The number of aromatic nitrogens is 2. The van der Waals surface area contributed by atoms with E-state index in [2.05, 4.69) is 22.0 Å². The predicted molar refractivity (Wildman–Crippen MR) is 84.1 cm³/mol. The van der Waals surface area contributed by atoms with E-state index in [4.69, 9.17) is 4.52 Å². The van der Waals surface area contributed by atoms with Crippen LogP contribution in [0.4, 0.5) is 4.39 Å². The summed E-state index contributed by atoms with van der Waals surface area (Å²) < 4.78 is 18.4.